The van der Waals surface area contributed by atoms with Crippen LogP contribution in [0.2, 0.25) is 0 Å². The summed E-state index contributed by atoms with van der Waals surface area (Å²) in [5, 5.41) is 15.5. The SMILES string of the molecule is CNc1ccc(NOC)c(C(F)(F)F)c1.N=C(SC(=N)C(F)(F)F)N1CCN(C(=O)COC2CCCCC2)CC1. The summed E-state index contributed by atoms with van der Waals surface area (Å²) in [7, 11) is 2.81. The van der Waals surface area contributed by atoms with Gasteiger partial charge in [0.15, 0.2) is 10.2 Å². The Kier molecular flexibility index (Phi) is 12.8. The maximum absolute atomic E-state index is 12.6. The van der Waals surface area contributed by atoms with Gasteiger partial charge in [-0.3, -0.25) is 25.9 Å². The average molecular weight is 601 g/mol. The summed E-state index contributed by atoms with van der Waals surface area (Å²) < 4.78 is 80.4. The lowest BCUT2D eigenvalue weighted by Crippen LogP contribution is -2.51. The quantitative estimate of drug-likeness (QED) is 0.150. The molecule has 1 aliphatic carbocycles. The lowest BCUT2D eigenvalue weighted by atomic mass is 9.98. The highest BCUT2D eigenvalue weighted by Gasteiger charge is 2.37. The molecule has 1 saturated carbocycles. The second-order valence-electron chi connectivity index (χ2n) is 8.99. The molecule has 0 radical (unpaired) electrons. The fraction of sp³-hybridized carbons (Fsp3) is 0.625. The van der Waals surface area contributed by atoms with Crippen molar-refractivity contribution in [3.63, 3.8) is 0 Å². The molecule has 226 valence electrons. The van der Waals surface area contributed by atoms with Gasteiger partial charge in [-0.1, -0.05) is 19.3 Å². The Morgan fingerprint density at radius 1 is 1.02 bits per heavy atom. The van der Waals surface area contributed by atoms with Crippen LogP contribution in [-0.2, 0) is 20.5 Å². The Balaban J connectivity index is 0.000000319. The number of ether oxygens (including phenoxy) is 1. The molecule has 2 aliphatic rings. The molecule has 2 fully saturated rings. The van der Waals surface area contributed by atoms with E-state index in [0.29, 0.717) is 18.8 Å². The number of carbonyl (C=O) groups is 1. The van der Waals surface area contributed by atoms with E-state index in [9.17, 15) is 31.1 Å². The van der Waals surface area contributed by atoms with Gasteiger partial charge in [0.05, 0.1) is 24.5 Å². The molecule has 1 aliphatic heterocycles. The molecule has 3 rings (SSSR count). The number of nitrogens with one attached hydrogen (secondary N) is 4. The first kappa shape index (κ1) is 33.5. The molecule has 40 heavy (non-hydrogen) atoms. The normalized spacial score (nSPS) is 16.6. The van der Waals surface area contributed by atoms with Crippen molar-refractivity contribution in [1.29, 1.82) is 10.8 Å². The minimum absolute atomic E-state index is 0.0373. The standard InChI is InChI=1S/C15H23F3N4O2S.C9H11F3N2O/c16-15(17,18)13(19)25-14(20)22-8-6-21(7-9-22)12(23)10-24-11-4-2-1-3-5-11;1-13-6-3-4-8(14-15-2)7(5-6)9(10,11)12/h11,19-20H,1-10H2;3-5,13-14H,1-2H3. The van der Waals surface area contributed by atoms with Crippen LogP contribution in [0.15, 0.2) is 18.2 Å². The molecule has 0 bridgehead atoms. The largest absolute Gasteiger partial charge is 0.439 e. The van der Waals surface area contributed by atoms with E-state index in [-0.39, 0.29) is 54.3 Å². The molecule has 4 N–H and O–H groups in total. The number of rotatable bonds is 6. The fourth-order valence-corrected chi connectivity index (χ4v) is 4.64. The average Bonchev–Trinajstić information content (AvgIpc) is 2.92. The van der Waals surface area contributed by atoms with Crippen molar-refractivity contribution in [1.82, 2.24) is 9.80 Å². The van der Waals surface area contributed by atoms with Crippen LogP contribution in [0.1, 0.15) is 37.7 Å². The van der Waals surface area contributed by atoms with E-state index in [2.05, 4.69) is 15.6 Å². The van der Waals surface area contributed by atoms with Crippen LogP contribution in [0.3, 0.4) is 0 Å². The topological polar surface area (TPSA) is 114 Å². The summed E-state index contributed by atoms with van der Waals surface area (Å²) in [5.74, 6) is -0.118. The number of thioether (sulfide) groups is 1. The number of benzene rings is 1. The van der Waals surface area contributed by atoms with E-state index in [4.69, 9.17) is 15.6 Å². The predicted octanol–water partition coefficient (Wildman–Crippen LogP) is 5.41. The van der Waals surface area contributed by atoms with Crippen molar-refractivity contribution < 1.29 is 40.7 Å². The fourth-order valence-electron chi connectivity index (χ4n) is 4.02. The molecule has 1 heterocycles. The summed E-state index contributed by atoms with van der Waals surface area (Å²) in [4.78, 5) is 19.7. The van der Waals surface area contributed by atoms with Crippen molar-refractivity contribution >= 4 is 39.3 Å². The smallest absolute Gasteiger partial charge is 0.388 e. The number of alkyl halides is 6. The van der Waals surface area contributed by atoms with Crippen LogP contribution < -0.4 is 10.8 Å². The lowest BCUT2D eigenvalue weighted by molar-refractivity contribution is -0.140. The second kappa shape index (κ2) is 15.3. The lowest BCUT2D eigenvalue weighted by Gasteiger charge is -2.36. The highest BCUT2D eigenvalue weighted by Crippen LogP contribution is 2.36. The van der Waals surface area contributed by atoms with Gasteiger partial charge in [-0.05, 0) is 42.8 Å². The van der Waals surface area contributed by atoms with Crippen molar-refractivity contribution in [2.45, 2.75) is 50.6 Å². The minimum atomic E-state index is -4.73. The molecule has 1 saturated heterocycles. The first-order valence-electron chi connectivity index (χ1n) is 12.5. The molecule has 0 spiro atoms. The maximum atomic E-state index is 12.6. The van der Waals surface area contributed by atoms with Gasteiger partial charge in [-0.15, -0.1) is 0 Å². The molecular formula is C24H34F6N6O3S. The Hall–Kier alpha value is -2.72. The van der Waals surface area contributed by atoms with Crippen LogP contribution >= 0.6 is 11.8 Å². The van der Waals surface area contributed by atoms with Gasteiger partial charge >= 0.3 is 12.4 Å². The number of halogens is 6. The maximum Gasteiger partial charge on any atom is 0.439 e. The Morgan fingerprint density at radius 3 is 2.15 bits per heavy atom. The molecule has 0 atom stereocenters. The van der Waals surface area contributed by atoms with Crippen molar-refractivity contribution in [2.75, 3.05) is 57.7 Å². The zero-order valence-electron chi connectivity index (χ0n) is 22.2. The number of amides is 1. The summed E-state index contributed by atoms with van der Waals surface area (Å²) in [6.45, 7) is 1.29. The molecule has 0 aromatic heterocycles. The van der Waals surface area contributed by atoms with Crippen LogP contribution in [0, 0.1) is 10.8 Å². The number of hydrogen-bond donors (Lipinski definition) is 4. The van der Waals surface area contributed by atoms with Gasteiger partial charge < -0.3 is 19.9 Å². The van der Waals surface area contributed by atoms with E-state index in [1.165, 1.54) is 30.6 Å². The number of nitrogens with zero attached hydrogens (tertiary/aromatic N) is 2. The molecule has 9 nitrogen and oxygen atoms in total. The van der Waals surface area contributed by atoms with E-state index >= 15 is 0 Å². The predicted molar refractivity (Wildman–Crippen MR) is 142 cm³/mol. The number of amidine groups is 1. The zero-order valence-corrected chi connectivity index (χ0v) is 23.0. The van der Waals surface area contributed by atoms with Gasteiger partial charge in [-0.25, -0.2) is 0 Å². The van der Waals surface area contributed by atoms with E-state index in [0.717, 1.165) is 31.7 Å². The number of hydrogen-bond acceptors (Lipinski definition) is 8. The molecule has 1 aromatic rings. The van der Waals surface area contributed by atoms with Crippen molar-refractivity contribution in [3.8, 4) is 0 Å². The van der Waals surface area contributed by atoms with Gasteiger partial charge in [0, 0.05) is 38.9 Å². The third-order valence-electron chi connectivity index (χ3n) is 6.20. The Bertz CT molecular complexity index is 996. The Labute approximate surface area is 232 Å². The van der Waals surface area contributed by atoms with Gasteiger partial charge in [0.25, 0.3) is 0 Å². The number of piperazine rings is 1. The highest BCUT2D eigenvalue weighted by atomic mass is 32.2. The summed E-state index contributed by atoms with van der Waals surface area (Å²) in [6, 6.07) is 3.84. The molecular weight excluding hydrogens is 566 g/mol. The molecule has 0 unspecified atom stereocenters. The first-order chi connectivity index (χ1) is 18.8. The van der Waals surface area contributed by atoms with Gasteiger partial charge in [0.1, 0.15) is 6.61 Å². The summed E-state index contributed by atoms with van der Waals surface area (Å²) >= 11 is 0.0911. The monoisotopic (exact) mass is 600 g/mol. The number of anilines is 2. The Morgan fingerprint density at radius 2 is 1.62 bits per heavy atom. The van der Waals surface area contributed by atoms with E-state index in [1.54, 1.807) is 11.9 Å². The van der Waals surface area contributed by atoms with Crippen molar-refractivity contribution in [3.05, 3.63) is 23.8 Å². The third-order valence-corrected chi connectivity index (χ3v) is 7.08. The van der Waals surface area contributed by atoms with Crippen LogP contribution in [0.5, 0.6) is 0 Å². The first-order valence-corrected chi connectivity index (χ1v) is 13.3. The second-order valence-corrected chi connectivity index (χ2v) is 9.99. The van der Waals surface area contributed by atoms with Crippen LogP contribution in [0.25, 0.3) is 0 Å². The minimum Gasteiger partial charge on any atom is -0.388 e. The molecule has 1 amide bonds. The van der Waals surface area contributed by atoms with Crippen molar-refractivity contribution in [2.24, 2.45) is 0 Å². The summed E-state index contributed by atoms with van der Waals surface area (Å²) in [6.07, 6.45) is -3.54. The third kappa shape index (κ3) is 10.7. The zero-order chi connectivity index (χ0) is 29.9. The van der Waals surface area contributed by atoms with Crippen LogP contribution in [0.4, 0.5) is 37.7 Å². The van der Waals surface area contributed by atoms with E-state index in [1.807, 2.05) is 0 Å². The van der Waals surface area contributed by atoms with Gasteiger partial charge in [-0.2, -0.15) is 26.3 Å². The highest BCUT2D eigenvalue weighted by molar-refractivity contribution is 8.26. The van der Waals surface area contributed by atoms with Crippen LogP contribution in [-0.4, -0.2) is 85.1 Å². The summed E-state index contributed by atoms with van der Waals surface area (Å²) in [5.41, 5.74) is 1.70. The van der Waals surface area contributed by atoms with E-state index < -0.39 is 23.0 Å². The number of carbonyl (C=O) groups excluding carboxylic acids is 1. The van der Waals surface area contributed by atoms with Gasteiger partial charge in [0.2, 0.25) is 5.91 Å². The molecule has 1 aromatic carbocycles. The molecule has 16 heteroatoms.